The molecule has 9 nitrogen and oxygen atoms in total. The maximum atomic E-state index is 13.0. The van der Waals surface area contributed by atoms with Crippen LogP contribution in [-0.2, 0) is 14.3 Å². The van der Waals surface area contributed by atoms with E-state index in [0.29, 0.717) is 6.42 Å². The summed E-state index contributed by atoms with van der Waals surface area (Å²) >= 11 is 0. The van der Waals surface area contributed by atoms with Gasteiger partial charge in [0, 0.05) is 6.42 Å². The summed E-state index contributed by atoms with van der Waals surface area (Å²) in [5.41, 5.74) is 0. The molecule has 0 aliphatic carbocycles. The first kappa shape index (κ1) is 53.7. The maximum absolute atomic E-state index is 13.0. The lowest BCUT2D eigenvalue weighted by molar-refractivity contribution is -0.302. The predicted octanol–water partition coefficient (Wildman–Crippen LogP) is 10.3. The first-order chi connectivity index (χ1) is 27.8. The summed E-state index contributed by atoms with van der Waals surface area (Å²) < 4.78 is 11.2. The van der Waals surface area contributed by atoms with Gasteiger partial charge in [0.1, 0.15) is 24.4 Å². The van der Waals surface area contributed by atoms with Gasteiger partial charge in [-0.15, -0.1) is 0 Å². The molecule has 1 aliphatic rings. The predicted molar refractivity (Wildman–Crippen MR) is 235 cm³/mol. The van der Waals surface area contributed by atoms with Crippen LogP contribution in [-0.4, -0.2) is 87.5 Å². The van der Waals surface area contributed by atoms with Crippen LogP contribution in [0.4, 0.5) is 0 Å². The van der Waals surface area contributed by atoms with Crippen LogP contribution in [0.15, 0.2) is 24.3 Å². The number of unbranched alkanes of at least 4 members (excludes halogenated alkanes) is 28. The van der Waals surface area contributed by atoms with E-state index in [1.807, 2.05) is 6.08 Å². The summed E-state index contributed by atoms with van der Waals surface area (Å²) in [6.07, 6.45) is 39.3. The Morgan fingerprint density at radius 3 is 1.42 bits per heavy atom. The second-order valence-electron chi connectivity index (χ2n) is 16.9. The molecule has 0 radical (unpaired) electrons. The van der Waals surface area contributed by atoms with Gasteiger partial charge in [0.2, 0.25) is 5.91 Å². The molecule has 0 aromatic heterocycles. The van der Waals surface area contributed by atoms with Crippen molar-refractivity contribution >= 4 is 5.91 Å². The van der Waals surface area contributed by atoms with E-state index in [2.05, 4.69) is 31.3 Å². The third-order valence-corrected chi connectivity index (χ3v) is 11.5. The largest absolute Gasteiger partial charge is 0.394 e. The first-order valence-electron chi connectivity index (χ1n) is 24.1. The van der Waals surface area contributed by atoms with Crippen molar-refractivity contribution < 1.29 is 39.8 Å². The van der Waals surface area contributed by atoms with Crippen LogP contribution in [0.3, 0.4) is 0 Å². The van der Waals surface area contributed by atoms with Gasteiger partial charge in [0.05, 0.1) is 25.4 Å². The monoisotopic (exact) mass is 810 g/mol. The van der Waals surface area contributed by atoms with Crippen LogP contribution in [0.5, 0.6) is 0 Å². The van der Waals surface area contributed by atoms with E-state index in [-0.39, 0.29) is 12.5 Å². The highest BCUT2D eigenvalue weighted by molar-refractivity contribution is 5.76. The molecule has 336 valence electrons. The van der Waals surface area contributed by atoms with Crippen molar-refractivity contribution in [2.45, 2.75) is 262 Å². The normalized spacial score (nSPS) is 21.1. The van der Waals surface area contributed by atoms with E-state index >= 15 is 0 Å². The second-order valence-corrected chi connectivity index (χ2v) is 16.9. The number of aliphatic hydroxyl groups excluding tert-OH is 5. The Balaban J connectivity index is 2.30. The van der Waals surface area contributed by atoms with Crippen molar-refractivity contribution in [1.29, 1.82) is 0 Å². The van der Waals surface area contributed by atoms with Crippen LogP contribution in [0.25, 0.3) is 0 Å². The molecule has 0 aromatic rings. The number of hydrogen-bond acceptors (Lipinski definition) is 8. The van der Waals surface area contributed by atoms with Crippen LogP contribution in [0.1, 0.15) is 219 Å². The molecule has 1 aliphatic heterocycles. The molecule has 0 bridgehead atoms. The minimum atomic E-state index is -1.56. The average molecular weight is 810 g/mol. The molecule has 1 amide bonds. The molecule has 1 saturated heterocycles. The number of rotatable bonds is 40. The van der Waals surface area contributed by atoms with E-state index < -0.39 is 49.5 Å². The first-order valence-corrected chi connectivity index (χ1v) is 24.1. The lowest BCUT2D eigenvalue weighted by Gasteiger charge is -2.40. The third-order valence-electron chi connectivity index (χ3n) is 11.5. The number of allylic oxidation sites excluding steroid dienone is 3. The van der Waals surface area contributed by atoms with Crippen molar-refractivity contribution in [2.24, 2.45) is 0 Å². The number of nitrogens with one attached hydrogen (secondary N) is 1. The fourth-order valence-corrected chi connectivity index (χ4v) is 7.62. The SMILES string of the molecule is CCCCCCCCCC/C=C\CCCCCCCCCCCC(=O)N[C@@H](CO[C@H]1O[C@@H](CO)[C@@H](O)[C@@H](O)[C@@H]1O)[C@H](O)/C=C/CCCCCCCCCCCCC. The molecule has 0 spiro atoms. The summed E-state index contributed by atoms with van der Waals surface area (Å²) in [6.45, 7) is 3.77. The van der Waals surface area contributed by atoms with Gasteiger partial charge in [0.25, 0.3) is 0 Å². The third kappa shape index (κ3) is 29.5. The summed E-state index contributed by atoms with van der Waals surface area (Å²) in [6, 6.07) is -0.802. The Hall–Kier alpha value is -1.33. The molecule has 57 heavy (non-hydrogen) atoms. The van der Waals surface area contributed by atoms with E-state index in [1.54, 1.807) is 6.08 Å². The van der Waals surface area contributed by atoms with Gasteiger partial charge in [0.15, 0.2) is 6.29 Å². The van der Waals surface area contributed by atoms with Crippen molar-refractivity contribution in [1.82, 2.24) is 5.32 Å². The standard InChI is InChI=1S/C48H91NO8/c1-3-5-7-9-11-13-15-17-18-19-20-21-22-23-24-26-28-30-32-34-36-38-44(52)49-41(40-56-48-47(55)46(54)45(53)43(39-50)57-48)42(51)37-35-33-31-29-27-25-16-14-12-10-8-6-4-2/h19-20,35,37,41-43,45-48,50-51,53-55H,3-18,21-34,36,38-40H2,1-2H3,(H,49,52)/b20-19-,37-35+/t41-,42+,43-,45+,46+,47-,48-/m0/s1. The Kier molecular flexibility index (Phi) is 36.6. The quantitative estimate of drug-likeness (QED) is 0.0265. The molecule has 9 heteroatoms. The van der Waals surface area contributed by atoms with Crippen LogP contribution >= 0.6 is 0 Å². The van der Waals surface area contributed by atoms with Crippen LogP contribution in [0.2, 0.25) is 0 Å². The molecular formula is C48H91NO8. The molecule has 1 heterocycles. The number of carbonyl (C=O) groups excluding carboxylic acids is 1. The molecule has 0 aromatic carbocycles. The average Bonchev–Trinajstić information content (AvgIpc) is 3.21. The van der Waals surface area contributed by atoms with Crippen LogP contribution < -0.4 is 5.32 Å². The Morgan fingerprint density at radius 1 is 0.579 bits per heavy atom. The molecule has 0 unspecified atom stereocenters. The Morgan fingerprint density at radius 2 is 0.982 bits per heavy atom. The molecule has 0 saturated carbocycles. The zero-order valence-corrected chi connectivity index (χ0v) is 36.9. The smallest absolute Gasteiger partial charge is 0.220 e. The van der Waals surface area contributed by atoms with Gasteiger partial charge in [-0.1, -0.05) is 192 Å². The number of carbonyl (C=O) groups is 1. The van der Waals surface area contributed by atoms with E-state index in [0.717, 1.165) is 38.5 Å². The summed E-state index contributed by atoms with van der Waals surface area (Å²) in [5, 5.41) is 54.2. The summed E-state index contributed by atoms with van der Waals surface area (Å²) in [5.74, 6) is -0.179. The van der Waals surface area contributed by atoms with Gasteiger partial charge in [-0.05, 0) is 44.9 Å². The highest BCUT2D eigenvalue weighted by atomic mass is 16.7. The van der Waals surface area contributed by atoms with Gasteiger partial charge in [-0.2, -0.15) is 0 Å². The second kappa shape index (κ2) is 38.8. The van der Waals surface area contributed by atoms with Gasteiger partial charge in [-0.3, -0.25) is 4.79 Å². The van der Waals surface area contributed by atoms with Gasteiger partial charge in [-0.25, -0.2) is 0 Å². The van der Waals surface area contributed by atoms with Crippen LogP contribution in [0, 0.1) is 0 Å². The fraction of sp³-hybridized carbons (Fsp3) is 0.896. The minimum Gasteiger partial charge on any atom is -0.394 e. The van der Waals surface area contributed by atoms with Crippen molar-refractivity contribution in [3.63, 3.8) is 0 Å². The zero-order valence-electron chi connectivity index (χ0n) is 36.9. The molecular weight excluding hydrogens is 719 g/mol. The lowest BCUT2D eigenvalue weighted by atomic mass is 9.99. The van der Waals surface area contributed by atoms with Gasteiger partial charge >= 0.3 is 0 Å². The number of amides is 1. The summed E-state index contributed by atoms with van der Waals surface area (Å²) in [4.78, 5) is 13.0. The minimum absolute atomic E-state index is 0.179. The van der Waals surface area contributed by atoms with Gasteiger partial charge < -0.3 is 40.3 Å². The molecule has 6 N–H and O–H groups in total. The number of aliphatic hydroxyl groups is 5. The van der Waals surface area contributed by atoms with E-state index in [4.69, 9.17) is 9.47 Å². The lowest BCUT2D eigenvalue weighted by Crippen LogP contribution is -2.60. The molecule has 1 fully saturated rings. The van der Waals surface area contributed by atoms with Crippen molar-refractivity contribution in [3.05, 3.63) is 24.3 Å². The van der Waals surface area contributed by atoms with E-state index in [9.17, 15) is 30.3 Å². The van der Waals surface area contributed by atoms with Crippen molar-refractivity contribution in [2.75, 3.05) is 13.2 Å². The summed E-state index contributed by atoms with van der Waals surface area (Å²) in [7, 11) is 0. The van der Waals surface area contributed by atoms with Crippen molar-refractivity contribution in [3.8, 4) is 0 Å². The topological polar surface area (TPSA) is 149 Å². The number of ether oxygens (including phenoxy) is 2. The Labute approximate surface area is 349 Å². The maximum Gasteiger partial charge on any atom is 0.220 e. The Bertz CT molecular complexity index is 945. The van der Waals surface area contributed by atoms with E-state index in [1.165, 1.54) is 161 Å². The molecule has 1 rings (SSSR count). The number of hydrogen-bond donors (Lipinski definition) is 6. The zero-order chi connectivity index (χ0) is 41.6. The fourth-order valence-electron chi connectivity index (χ4n) is 7.62. The molecule has 7 atom stereocenters. The highest BCUT2D eigenvalue weighted by Gasteiger charge is 2.44. The highest BCUT2D eigenvalue weighted by Crippen LogP contribution is 2.23.